The number of benzene rings is 1. The Kier molecular flexibility index (Phi) is 4.39. The zero-order chi connectivity index (χ0) is 14.4. The molecule has 0 radical (unpaired) electrons. The van der Waals surface area contributed by atoms with Gasteiger partial charge in [-0.1, -0.05) is 18.2 Å². The summed E-state index contributed by atoms with van der Waals surface area (Å²) in [7, 11) is 0. The number of furan rings is 1. The van der Waals surface area contributed by atoms with Crippen LogP contribution in [0.3, 0.4) is 0 Å². The van der Waals surface area contributed by atoms with Crippen LogP contribution in [-0.2, 0) is 11.3 Å². The zero-order valence-electron chi connectivity index (χ0n) is 10.7. The second-order valence-corrected chi connectivity index (χ2v) is 4.11. The predicted octanol–water partition coefficient (Wildman–Crippen LogP) is 2.08. The highest BCUT2D eigenvalue weighted by Crippen LogP contribution is 2.13. The van der Waals surface area contributed by atoms with Crippen LogP contribution >= 0.6 is 0 Å². The largest absolute Gasteiger partial charge is 0.480 e. The number of hydrogen-bond donors (Lipinski definition) is 2. The lowest BCUT2D eigenvalue weighted by Crippen LogP contribution is -2.42. The van der Waals surface area contributed by atoms with Crippen molar-refractivity contribution in [2.75, 3.05) is 11.4 Å². The summed E-state index contributed by atoms with van der Waals surface area (Å²) in [5, 5.41) is 11.6. The summed E-state index contributed by atoms with van der Waals surface area (Å²) < 4.78 is 4.90. The molecule has 2 N–H and O–H groups in total. The van der Waals surface area contributed by atoms with Gasteiger partial charge in [-0.25, -0.2) is 4.79 Å². The van der Waals surface area contributed by atoms with Gasteiger partial charge in [0.05, 0.1) is 12.5 Å². The van der Waals surface area contributed by atoms with Gasteiger partial charge in [0.25, 0.3) is 0 Å². The van der Waals surface area contributed by atoms with Crippen LogP contribution in [0.2, 0.25) is 0 Å². The third-order valence-corrected chi connectivity index (χ3v) is 2.63. The van der Waals surface area contributed by atoms with Crippen molar-refractivity contribution in [3.05, 3.63) is 54.5 Å². The second-order valence-electron chi connectivity index (χ2n) is 4.11. The van der Waals surface area contributed by atoms with Crippen LogP contribution in [0.25, 0.3) is 0 Å². The van der Waals surface area contributed by atoms with Crippen LogP contribution in [0.1, 0.15) is 5.56 Å². The molecule has 6 heteroatoms. The Bertz CT molecular complexity index is 566. The number of hydrogen-bond acceptors (Lipinski definition) is 3. The van der Waals surface area contributed by atoms with Gasteiger partial charge in [-0.15, -0.1) is 0 Å². The molecule has 0 spiro atoms. The van der Waals surface area contributed by atoms with Crippen LogP contribution in [0.5, 0.6) is 0 Å². The predicted molar refractivity (Wildman–Crippen MR) is 72.4 cm³/mol. The third-order valence-electron chi connectivity index (χ3n) is 2.63. The number of rotatable bonds is 5. The fraction of sp³-hybridized carbons (Fsp3) is 0.143. The number of carboxylic acids is 1. The van der Waals surface area contributed by atoms with Crippen molar-refractivity contribution >= 4 is 17.7 Å². The molecule has 2 amide bonds. The van der Waals surface area contributed by atoms with Crippen molar-refractivity contribution in [1.29, 1.82) is 0 Å². The molecule has 0 saturated carbocycles. The zero-order valence-corrected chi connectivity index (χ0v) is 10.7. The molecule has 0 atom stereocenters. The maximum Gasteiger partial charge on any atom is 0.323 e. The van der Waals surface area contributed by atoms with Gasteiger partial charge in [0.1, 0.15) is 6.54 Å². The van der Waals surface area contributed by atoms with Crippen molar-refractivity contribution in [3.8, 4) is 0 Å². The number of nitrogens with one attached hydrogen (secondary N) is 1. The number of carboxylic acid groups (broad SMARTS) is 1. The average Bonchev–Trinajstić information content (AvgIpc) is 2.96. The molecular weight excluding hydrogens is 260 g/mol. The number of urea groups is 1. The summed E-state index contributed by atoms with van der Waals surface area (Å²) in [6, 6.07) is 9.90. The van der Waals surface area contributed by atoms with E-state index in [4.69, 9.17) is 9.52 Å². The Hall–Kier alpha value is -2.76. The Morgan fingerprint density at radius 1 is 1.20 bits per heavy atom. The van der Waals surface area contributed by atoms with Crippen molar-refractivity contribution in [2.45, 2.75) is 6.54 Å². The standard InChI is InChI=1S/C14H14N2O4/c17-13(18)9-16(12-4-2-1-3-5-12)14(19)15-8-11-6-7-20-10-11/h1-7,10H,8-9H2,(H,15,19)(H,17,18). The molecule has 1 aromatic carbocycles. The summed E-state index contributed by atoms with van der Waals surface area (Å²) in [6.07, 6.45) is 3.03. The molecular formula is C14H14N2O4. The van der Waals surface area contributed by atoms with Gasteiger partial charge >= 0.3 is 12.0 Å². The van der Waals surface area contributed by atoms with Crippen LogP contribution < -0.4 is 10.2 Å². The van der Waals surface area contributed by atoms with E-state index < -0.39 is 18.5 Å². The molecule has 104 valence electrons. The van der Waals surface area contributed by atoms with Crippen molar-refractivity contribution < 1.29 is 19.1 Å². The van der Waals surface area contributed by atoms with E-state index in [0.29, 0.717) is 5.69 Å². The van der Waals surface area contributed by atoms with Gasteiger partial charge in [0, 0.05) is 17.8 Å². The molecule has 6 nitrogen and oxygen atoms in total. The molecule has 0 bridgehead atoms. The Balaban J connectivity index is 2.06. The van der Waals surface area contributed by atoms with E-state index in [-0.39, 0.29) is 6.54 Å². The van der Waals surface area contributed by atoms with Gasteiger partial charge in [-0.05, 0) is 18.2 Å². The number of aliphatic carboxylic acids is 1. The fourth-order valence-electron chi connectivity index (χ4n) is 1.69. The smallest absolute Gasteiger partial charge is 0.323 e. The highest BCUT2D eigenvalue weighted by molar-refractivity contribution is 5.96. The van der Waals surface area contributed by atoms with Crippen LogP contribution in [0, 0.1) is 0 Å². The Labute approximate surface area is 115 Å². The highest BCUT2D eigenvalue weighted by atomic mass is 16.4. The van der Waals surface area contributed by atoms with Gasteiger partial charge in [-0.3, -0.25) is 9.69 Å². The molecule has 20 heavy (non-hydrogen) atoms. The number of para-hydroxylation sites is 1. The average molecular weight is 274 g/mol. The quantitative estimate of drug-likeness (QED) is 0.874. The van der Waals surface area contributed by atoms with Gasteiger partial charge < -0.3 is 14.8 Å². The molecule has 0 unspecified atom stereocenters. The van der Waals surface area contributed by atoms with Gasteiger partial charge in [-0.2, -0.15) is 0 Å². The van der Waals surface area contributed by atoms with E-state index in [2.05, 4.69) is 5.32 Å². The van der Waals surface area contributed by atoms with Gasteiger partial charge in [0.2, 0.25) is 0 Å². The Morgan fingerprint density at radius 3 is 2.55 bits per heavy atom. The molecule has 0 saturated heterocycles. The molecule has 0 fully saturated rings. The molecule has 1 heterocycles. The van der Waals surface area contributed by atoms with Gasteiger partial charge in [0.15, 0.2) is 0 Å². The minimum absolute atomic E-state index is 0.276. The first-order valence-electron chi connectivity index (χ1n) is 6.00. The molecule has 2 rings (SSSR count). The highest BCUT2D eigenvalue weighted by Gasteiger charge is 2.18. The minimum Gasteiger partial charge on any atom is -0.480 e. The number of carbonyl (C=O) groups excluding carboxylic acids is 1. The van der Waals surface area contributed by atoms with E-state index in [0.717, 1.165) is 5.56 Å². The third kappa shape index (κ3) is 3.61. The maximum atomic E-state index is 12.1. The molecule has 0 aliphatic carbocycles. The first-order valence-corrected chi connectivity index (χ1v) is 6.00. The normalized spacial score (nSPS) is 10.0. The second kappa shape index (κ2) is 6.42. The minimum atomic E-state index is -1.08. The summed E-state index contributed by atoms with van der Waals surface area (Å²) in [5.41, 5.74) is 1.33. The topological polar surface area (TPSA) is 82.8 Å². The van der Waals surface area contributed by atoms with Crippen LogP contribution in [-0.4, -0.2) is 23.7 Å². The van der Waals surface area contributed by atoms with E-state index in [1.54, 1.807) is 36.4 Å². The van der Waals surface area contributed by atoms with E-state index >= 15 is 0 Å². The molecule has 2 aromatic rings. The molecule has 1 aromatic heterocycles. The van der Waals surface area contributed by atoms with E-state index in [9.17, 15) is 9.59 Å². The SMILES string of the molecule is O=C(O)CN(C(=O)NCc1ccoc1)c1ccccc1. The number of carbonyl (C=O) groups is 2. The number of nitrogens with zero attached hydrogens (tertiary/aromatic N) is 1. The first-order chi connectivity index (χ1) is 9.66. The van der Waals surface area contributed by atoms with Crippen molar-refractivity contribution in [3.63, 3.8) is 0 Å². The van der Waals surface area contributed by atoms with E-state index in [1.165, 1.54) is 17.4 Å². The van der Waals surface area contributed by atoms with Crippen molar-refractivity contribution in [2.24, 2.45) is 0 Å². The Morgan fingerprint density at radius 2 is 1.95 bits per heavy atom. The summed E-state index contributed by atoms with van der Waals surface area (Å²) in [4.78, 5) is 24.1. The van der Waals surface area contributed by atoms with Crippen LogP contribution in [0.4, 0.5) is 10.5 Å². The maximum absolute atomic E-state index is 12.1. The number of amides is 2. The lowest BCUT2D eigenvalue weighted by atomic mass is 10.3. The fourth-order valence-corrected chi connectivity index (χ4v) is 1.69. The molecule has 0 aliphatic heterocycles. The van der Waals surface area contributed by atoms with Crippen LogP contribution in [0.15, 0.2) is 53.3 Å². The summed E-state index contributed by atoms with van der Waals surface area (Å²) in [5.74, 6) is -1.08. The first kappa shape index (κ1) is 13.7. The summed E-state index contributed by atoms with van der Waals surface area (Å²) in [6.45, 7) is -0.125. The van der Waals surface area contributed by atoms with Crippen molar-refractivity contribution in [1.82, 2.24) is 5.32 Å². The molecule has 0 aliphatic rings. The van der Waals surface area contributed by atoms with E-state index in [1.807, 2.05) is 0 Å². The lowest BCUT2D eigenvalue weighted by Gasteiger charge is -2.21. The number of anilines is 1. The lowest BCUT2D eigenvalue weighted by molar-refractivity contribution is -0.135. The monoisotopic (exact) mass is 274 g/mol. The summed E-state index contributed by atoms with van der Waals surface area (Å²) >= 11 is 0.